The van der Waals surface area contributed by atoms with Crippen LogP contribution < -0.4 is 5.32 Å². The van der Waals surface area contributed by atoms with Gasteiger partial charge in [-0.05, 0) is 21.1 Å². The fraction of sp³-hybridized carbons (Fsp3) is 0.667. The molecular weight excluding hydrogens is 116 g/mol. The number of rotatable bonds is 3. The molecule has 1 N–H and O–H groups in total. The molecule has 0 rings (SSSR count). The number of hydrogen-bond donors (Lipinski definition) is 1. The van der Waals surface area contributed by atoms with E-state index in [1.54, 1.807) is 13.0 Å². The lowest BCUT2D eigenvalue weighted by molar-refractivity contribution is 0.310. The lowest BCUT2D eigenvalue weighted by Gasteiger charge is -2.17. The SMILES string of the molecule is CNC(C=C=O)N(C)C. The minimum Gasteiger partial charge on any atom is -0.301 e. The number of likely N-dealkylation sites (N-methyl/N-ethyl adjacent to an activating group) is 2. The fourth-order valence-electron chi connectivity index (χ4n) is 0.555. The zero-order chi connectivity index (χ0) is 7.28. The van der Waals surface area contributed by atoms with E-state index in [0.29, 0.717) is 0 Å². The van der Waals surface area contributed by atoms with Crippen molar-refractivity contribution in [1.29, 1.82) is 0 Å². The summed E-state index contributed by atoms with van der Waals surface area (Å²) in [6.45, 7) is 0. The van der Waals surface area contributed by atoms with Crippen LogP contribution in [0.1, 0.15) is 0 Å². The van der Waals surface area contributed by atoms with Crippen molar-refractivity contribution in [1.82, 2.24) is 10.2 Å². The van der Waals surface area contributed by atoms with E-state index in [9.17, 15) is 4.79 Å². The molecule has 0 saturated carbocycles. The van der Waals surface area contributed by atoms with Gasteiger partial charge in [0, 0.05) is 6.08 Å². The molecule has 0 aliphatic rings. The van der Waals surface area contributed by atoms with Gasteiger partial charge >= 0.3 is 0 Å². The van der Waals surface area contributed by atoms with Crippen molar-refractivity contribution in [3.05, 3.63) is 6.08 Å². The Kier molecular flexibility index (Phi) is 3.97. The van der Waals surface area contributed by atoms with Gasteiger partial charge < -0.3 is 5.32 Å². The van der Waals surface area contributed by atoms with Gasteiger partial charge in [0.15, 0.2) is 0 Å². The standard InChI is InChI=1S/C6H12N2O/c1-7-6(4-5-9)8(2)3/h4,6-7H,1-3H3. The Morgan fingerprint density at radius 3 is 2.33 bits per heavy atom. The van der Waals surface area contributed by atoms with Crippen molar-refractivity contribution in [2.45, 2.75) is 6.17 Å². The predicted molar refractivity (Wildman–Crippen MR) is 36.8 cm³/mol. The molecule has 0 saturated heterocycles. The monoisotopic (exact) mass is 128 g/mol. The van der Waals surface area contributed by atoms with E-state index in [1.807, 2.05) is 19.0 Å². The highest BCUT2D eigenvalue weighted by molar-refractivity contribution is 5.46. The number of hydrogen-bond acceptors (Lipinski definition) is 3. The molecule has 3 nitrogen and oxygen atoms in total. The van der Waals surface area contributed by atoms with Crippen LogP contribution in [0.3, 0.4) is 0 Å². The summed E-state index contributed by atoms with van der Waals surface area (Å²) in [5, 5.41) is 2.91. The maximum atomic E-state index is 9.83. The average Bonchev–Trinajstić information content (AvgIpc) is 1.82. The van der Waals surface area contributed by atoms with Crippen molar-refractivity contribution in [3.8, 4) is 0 Å². The number of nitrogens with zero attached hydrogens (tertiary/aromatic N) is 1. The summed E-state index contributed by atoms with van der Waals surface area (Å²) in [5.41, 5.74) is 0. The molecule has 3 heteroatoms. The van der Waals surface area contributed by atoms with Crippen LogP contribution in [0, 0.1) is 0 Å². The molecule has 0 aliphatic heterocycles. The van der Waals surface area contributed by atoms with Crippen molar-refractivity contribution < 1.29 is 4.79 Å². The second-order valence-corrected chi connectivity index (χ2v) is 1.98. The molecule has 9 heavy (non-hydrogen) atoms. The van der Waals surface area contributed by atoms with Gasteiger partial charge in [-0.2, -0.15) is 0 Å². The summed E-state index contributed by atoms with van der Waals surface area (Å²) in [4.78, 5) is 11.7. The van der Waals surface area contributed by atoms with Crippen molar-refractivity contribution >= 4 is 5.94 Å². The first-order chi connectivity index (χ1) is 4.22. The fourth-order valence-corrected chi connectivity index (χ4v) is 0.555. The molecule has 0 aromatic heterocycles. The predicted octanol–water partition coefficient (Wildman–Crippen LogP) is -0.519. The quantitative estimate of drug-likeness (QED) is 0.410. The van der Waals surface area contributed by atoms with Crippen molar-refractivity contribution in [3.63, 3.8) is 0 Å². The molecule has 0 aliphatic carbocycles. The Hall–Kier alpha value is -0.630. The molecule has 0 amide bonds. The number of carbonyl (C=O) groups excluding carboxylic acids is 1. The maximum absolute atomic E-state index is 9.83. The number of nitrogens with one attached hydrogen (secondary N) is 1. The van der Waals surface area contributed by atoms with Gasteiger partial charge in [0.05, 0.1) is 6.17 Å². The van der Waals surface area contributed by atoms with Gasteiger partial charge in [-0.25, -0.2) is 4.79 Å². The zero-order valence-electron chi connectivity index (χ0n) is 6.01. The Balaban J connectivity index is 3.82. The summed E-state index contributed by atoms with van der Waals surface area (Å²) in [5.74, 6) is 1.72. The summed E-state index contributed by atoms with van der Waals surface area (Å²) in [6.07, 6.45) is 1.43. The van der Waals surface area contributed by atoms with E-state index >= 15 is 0 Å². The molecule has 0 aromatic carbocycles. The highest BCUT2D eigenvalue weighted by Gasteiger charge is 2.01. The van der Waals surface area contributed by atoms with Gasteiger partial charge in [-0.1, -0.05) is 0 Å². The van der Waals surface area contributed by atoms with Crippen molar-refractivity contribution in [2.24, 2.45) is 0 Å². The smallest absolute Gasteiger partial charge is 0.123 e. The Morgan fingerprint density at radius 2 is 2.22 bits per heavy atom. The van der Waals surface area contributed by atoms with Gasteiger partial charge in [-0.3, -0.25) is 4.90 Å². The third kappa shape index (κ3) is 3.03. The second kappa shape index (κ2) is 4.27. The van der Waals surface area contributed by atoms with Crippen LogP contribution in [0.15, 0.2) is 6.08 Å². The molecule has 52 valence electrons. The van der Waals surface area contributed by atoms with Crippen LogP contribution in [-0.4, -0.2) is 38.2 Å². The lowest BCUT2D eigenvalue weighted by Crippen LogP contribution is -2.37. The normalized spacial score (nSPS) is 12.9. The molecule has 0 radical (unpaired) electrons. The topological polar surface area (TPSA) is 32.3 Å². The van der Waals surface area contributed by atoms with E-state index in [0.717, 1.165) is 0 Å². The van der Waals surface area contributed by atoms with Gasteiger partial charge in [0.2, 0.25) is 0 Å². The molecule has 0 fully saturated rings. The zero-order valence-corrected chi connectivity index (χ0v) is 6.01. The van der Waals surface area contributed by atoms with Crippen molar-refractivity contribution in [2.75, 3.05) is 21.1 Å². The summed E-state index contributed by atoms with van der Waals surface area (Å²) in [6, 6.07) is 0. The van der Waals surface area contributed by atoms with E-state index in [4.69, 9.17) is 0 Å². The third-order valence-corrected chi connectivity index (χ3v) is 1.08. The third-order valence-electron chi connectivity index (χ3n) is 1.08. The largest absolute Gasteiger partial charge is 0.301 e. The second-order valence-electron chi connectivity index (χ2n) is 1.98. The van der Waals surface area contributed by atoms with E-state index < -0.39 is 0 Å². The molecule has 1 atom stereocenters. The van der Waals surface area contributed by atoms with Crippen LogP contribution in [0.5, 0.6) is 0 Å². The molecule has 0 aromatic rings. The van der Waals surface area contributed by atoms with Crippen LogP contribution in [0.4, 0.5) is 0 Å². The van der Waals surface area contributed by atoms with E-state index in [2.05, 4.69) is 5.32 Å². The first-order valence-electron chi connectivity index (χ1n) is 2.77. The minimum atomic E-state index is 0.00231. The summed E-state index contributed by atoms with van der Waals surface area (Å²) in [7, 11) is 5.56. The first kappa shape index (κ1) is 8.37. The summed E-state index contributed by atoms with van der Waals surface area (Å²) >= 11 is 0. The molecular formula is C6H12N2O. The molecule has 1 unspecified atom stereocenters. The van der Waals surface area contributed by atoms with Crippen LogP contribution in [0.25, 0.3) is 0 Å². The molecule has 0 spiro atoms. The molecule has 0 bridgehead atoms. The first-order valence-corrected chi connectivity index (χ1v) is 2.77. The van der Waals surface area contributed by atoms with Gasteiger partial charge in [0.25, 0.3) is 0 Å². The lowest BCUT2D eigenvalue weighted by atomic mass is 10.4. The minimum absolute atomic E-state index is 0.00231. The van der Waals surface area contributed by atoms with Crippen LogP contribution in [0.2, 0.25) is 0 Å². The Morgan fingerprint density at radius 1 is 1.67 bits per heavy atom. The van der Waals surface area contributed by atoms with Gasteiger partial charge in [-0.15, -0.1) is 0 Å². The molecule has 0 heterocycles. The average molecular weight is 128 g/mol. The van der Waals surface area contributed by atoms with Crippen LogP contribution >= 0.6 is 0 Å². The van der Waals surface area contributed by atoms with Gasteiger partial charge in [0.1, 0.15) is 5.94 Å². The highest BCUT2D eigenvalue weighted by Crippen LogP contribution is 1.84. The van der Waals surface area contributed by atoms with E-state index in [-0.39, 0.29) is 6.17 Å². The highest BCUT2D eigenvalue weighted by atomic mass is 16.1. The van der Waals surface area contributed by atoms with Crippen LogP contribution in [-0.2, 0) is 4.79 Å². The Labute approximate surface area is 55.3 Å². The summed E-state index contributed by atoms with van der Waals surface area (Å²) < 4.78 is 0. The van der Waals surface area contributed by atoms with E-state index in [1.165, 1.54) is 6.08 Å². The maximum Gasteiger partial charge on any atom is 0.123 e. The Bertz CT molecular complexity index is 116.